The lowest BCUT2D eigenvalue weighted by Crippen LogP contribution is -2.34. The van der Waals surface area contributed by atoms with Crippen molar-refractivity contribution in [3.63, 3.8) is 0 Å². The van der Waals surface area contributed by atoms with Gasteiger partial charge in [-0.15, -0.1) is 5.10 Å². The molecule has 0 saturated carbocycles. The van der Waals surface area contributed by atoms with Crippen LogP contribution < -0.4 is 10.2 Å². The lowest BCUT2D eigenvalue weighted by molar-refractivity contribution is -0.138. The van der Waals surface area contributed by atoms with Crippen molar-refractivity contribution in [2.75, 3.05) is 16.8 Å². The van der Waals surface area contributed by atoms with Crippen molar-refractivity contribution in [2.24, 2.45) is 0 Å². The molecule has 3 heterocycles. The van der Waals surface area contributed by atoms with E-state index >= 15 is 0 Å². The Hall–Kier alpha value is -3.69. The molecule has 0 unspecified atom stereocenters. The Morgan fingerprint density at radius 1 is 1.12 bits per heavy atom. The van der Waals surface area contributed by atoms with Crippen LogP contribution in [0.1, 0.15) is 35.5 Å². The zero-order valence-corrected chi connectivity index (χ0v) is 18.1. The Labute approximate surface area is 188 Å². The second-order valence-corrected chi connectivity index (χ2v) is 8.17. The zero-order valence-electron chi connectivity index (χ0n) is 18.1. The summed E-state index contributed by atoms with van der Waals surface area (Å²) in [7, 11) is 0. The smallest absolute Gasteiger partial charge is 0.362 e. The van der Waals surface area contributed by atoms with E-state index in [1.165, 1.54) is 13.0 Å². The van der Waals surface area contributed by atoms with Gasteiger partial charge in [-0.1, -0.05) is 18.2 Å². The molecule has 0 radical (unpaired) electrons. The number of nitrogens with one attached hydrogen (secondary N) is 1. The first-order chi connectivity index (χ1) is 15.8. The molecule has 5 rings (SSSR count). The summed E-state index contributed by atoms with van der Waals surface area (Å²) in [4.78, 5) is 6.53. The molecule has 2 aromatic heterocycles. The van der Waals surface area contributed by atoms with Crippen molar-refractivity contribution >= 4 is 22.3 Å². The lowest BCUT2D eigenvalue weighted by Gasteiger charge is -2.29. The molecule has 2 aromatic carbocycles. The quantitative estimate of drug-likeness (QED) is 0.481. The summed E-state index contributed by atoms with van der Waals surface area (Å²) in [5.74, 6) is 1.43. The molecule has 0 amide bonds. The van der Waals surface area contributed by atoms with Crippen LogP contribution in [-0.4, -0.2) is 31.5 Å². The second kappa shape index (κ2) is 8.02. The van der Waals surface area contributed by atoms with Crippen LogP contribution in [0.4, 0.5) is 24.7 Å². The van der Waals surface area contributed by atoms with Crippen molar-refractivity contribution in [1.29, 1.82) is 0 Å². The third-order valence-electron chi connectivity index (χ3n) is 6.12. The number of fused-ring (bicyclic) bond motifs is 2. The largest absolute Gasteiger partial charge is 0.416 e. The summed E-state index contributed by atoms with van der Waals surface area (Å²) in [5, 5.41) is 17.6. The van der Waals surface area contributed by atoms with Crippen LogP contribution >= 0.6 is 0 Å². The van der Waals surface area contributed by atoms with Gasteiger partial charge in [-0.2, -0.15) is 23.4 Å². The molecule has 0 spiro atoms. The molecule has 1 atom stereocenters. The van der Waals surface area contributed by atoms with Crippen molar-refractivity contribution in [3.8, 4) is 0 Å². The van der Waals surface area contributed by atoms with E-state index in [1.807, 2.05) is 29.8 Å². The van der Waals surface area contributed by atoms with Gasteiger partial charge in [0.1, 0.15) is 12.2 Å². The Morgan fingerprint density at radius 2 is 1.97 bits per heavy atom. The van der Waals surface area contributed by atoms with Gasteiger partial charge in [0.25, 0.3) is 0 Å². The fourth-order valence-electron chi connectivity index (χ4n) is 4.36. The Balaban J connectivity index is 1.46. The predicted octanol–water partition coefficient (Wildman–Crippen LogP) is 4.74. The van der Waals surface area contributed by atoms with E-state index in [9.17, 15) is 13.2 Å². The molecule has 0 aliphatic carbocycles. The fraction of sp³-hybridized carbons (Fsp3) is 0.304. The van der Waals surface area contributed by atoms with E-state index in [-0.39, 0.29) is 5.56 Å². The minimum absolute atomic E-state index is 0.205. The van der Waals surface area contributed by atoms with Crippen molar-refractivity contribution < 1.29 is 13.2 Å². The maximum atomic E-state index is 13.4. The first-order valence-electron chi connectivity index (χ1n) is 10.6. The van der Waals surface area contributed by atoms with E-state index in [2.05, 4.69) is 30.5 Å². The van der Waals surface area contributed by atoms with Crippen LogP contribution in [-0.2, 0) is 19.3 Å². The highest BCUT2D eigenvalue weighted by Gasteiger charge is 2.33. The minimum Gasteiger partial charge on any atom is -0.362 e. The monoisotopic (exact) mass is 453 g/mol. The molecule has 0 saturated heterocycles. The van der Waals surface area contributed by atoms with Crippen LogP contribution in [0.5, 0.6) is 0 Å². The number of anilines is 2. The molecule has 33 heavy (non-hydrogen) atoms. The Bertz CT molecular complexity index is 1320. The number of aromatic nitrogens is 5. The number of benzene rings is 2. The van der Waals surface area contributed by atoms with Gasteiger partial charge in [0, 0.05) is 23.0 Å². The highest BCUT2D eigenvalue weighted by Crippen LogP contribution is 2.36. The summed E-state index contributed by atoms with van der Waals surface area (Å²) in [6.07, 6.45) is -1.15. The Morgan fingerprint density at radius 3 is 2.79 bits per heavy atom. The summed E-state index contributed by atoms with van der Waals surface area (Å²) in [6.45, 7) is 5.51. The van der Waals surface area contributed by atoms with Gasteiger partial charge >= 0.3 is 6.18 Å². The molecule has 1 N–H and O–H groups in total. The summed E-state index contributed by atoms with van der Waals surface area (Å²) >= 11 is 0. The van der Waals surface area contributed by atoms with Crippen LogP contribution in [0, 0.1) is 6.92 Å². The molecule has 7 nitrogen and oxygen atoms in total. The van der Waals surface area contributed by atoms with Crippen molar-refractivity contribution in [3.05, 3.63) is 71.4 Å². The van der Waals surface area contributed by atoms with Gasteiger partial charge in [-0.3, -0.25) is 0 Å². The van der Waals surface area contributed by atoms with Gasteiger partial charge in [-0.05, 0) is 43.2 Å². The van der Waals surface area contributed by atoms with E-state index in [0.717, 1.165) is 41.4 Å². The van der Waals surface area contributed by atoms with E-state index in [0.29, 0.717) is 17.9 Å². The third kappa shape index (κ3) is 3.96. The predicted molar refractivity (Wildman–Crippen MR) is 119 cm³/mol. The van der Waals surface area contributed by atoms with Crippen LogP contribution in [0.3, 0.4) is 0 Å². The third-order valence-corrected chi connectivity index (χ3v) is 6.12. The van der Waals surface area contributed by atoms with Gasteiger partial charge in [0.2, 0.25) is 0 Å². The second-order valence-electron chi connectivity index (χ2n) is 8.17. The zero-order chi connectivity index (χ0) is 23.2. The number of hydrogen-bond donors (Lipinski definition) is 1. The molecule has 1 aliphatic rings. The van der Waals surface area contributed by atoms with Crippen molar-refractivity contribution in [2.45, 2.75) is 39.2 Å². The molecule has 4 aromatic rings. The maximum Gasteiger partial charge on any atom is 0.416 e. The van der Waals surface area contributed by atoms with E-state index < -0.39 is 17.8 Å². The molecule has 1 aliphatic heterocycles. The van der Waals surface area contributed by atoms with Crippen molar-refractivity contribution in [1.82, 2.24) is 25.0 Å². The van der Waals surface area contributed by atoms with E-state index in [1.54, 1.807) is 18.6 Å². The average molecular weight is 453 g/mol. The Kier molecular flexibility index (Phi) is 5.15. The van der Waals surface area contributed by atoms with Gasteiger partial charge in [0.05, 0.1) is 30.9 Å². The molecular weight excluding hydrogens is 431 g/mol. The van der Waals surface area contributed by atoms with E-state index in [4.69, 9.17) is 0 Å². The SMILES string of the molecule is Cc1c([C@@H](C)Nc2nncc3ccc(N4CCn5ncnc5C4)cc23)cccc1C(F)(F)F. The summed E-state index contributed by atoms with van der Waals surface area (Å²) < 4.78 is 42.0. The average Bonchev–Trinajstić information content (AvgIpc) is 3.26. The first-order valence-corrected chi connectivity index (χ1v) is 10.6. The number of alkyl halides is 3. The van der Waals surface area contributed by atoms with Gasteiger partial charge in [0.15, 0.2) is 5.82 Å². The summed E-state index contributed by atoms with van der Waals surface area (Å²) in [6, 6.07) is 9.88. The topological polar surface area (TPSA) is 71.8 Å². The normalized spacial score (nSPS) is 14.9. The highest BCUT2D eigenvalue weighted by atomic mass is 19.4. The number of hydrogen-bond acceptors (Lipinski definition) is 6. The summed E-state index contributed by atoms with van der Waals surface area (Å²) in [5.41, 5.74) is 1.15. The van der Waals surface area contributed by atoms with Crippen LogP contribution in [0.2, 0.25) is 0 Å². The van der Waals surface area contributed by atoms with Gasteiger partial charge in [-0.25, -0.2) is 9.67 Å². The number of rotatable bonds is 4. The molecule has 0 fully saturated rings. The number of halogens is 3. The van der Waals surface area contributed by atoms with Gasteiger partial charge < -0.3 is 10.2 Å². The molecule has 0 bridgehead atoms. The standard InChI is InChI=1S/C23H22F3N7/c1-14-18(4-3-5-20(14)23(24,25)26)15(2)30-22-19-10-17(7-6-16(19)11-28-31-22)32-8-9-33-21(12-32)27-13-29-33/h3-7,10-11,13,15H,8-9,12H2,1-2H3,(H,30,31)/t15-/m1/s1. The number of nitrogens with zero attached hydrogens (tertiary/aromatic N) is 6. The maximum absolute atomic E-state index is 13.4. The molecular formula is C23H22F3N7. The minimum atomic E-state index is -4.40. The lowest BCUT2D eigenvalue weighted by atomic mass is 9.97. The first kappa shape index (κ1) is 21.2. The van der Waals surface area contributed by atoms with Crippen LogP contribution in [0.25, 0.3) is 10.8 Å². The van der Waals surface area contributed by atoms with Crippen LogP contribution in [0.15, 0.2) is 48.9 Å². The molecule has 170 valence electrons. The fourth-order valence-corrected chi connectivity index (χ4v) is 4.36. The molecule has 10 heteroatoms. The highest BCUT2D eigenvalue weighted by molar-refractivity contribution is 5.93.